The van der Waals surface area contributed by atoms with Gasteiger partial charge in [-0.1, -0.05) is 0 Å². The van der Waals surface area contributed by atoms with Crippen LogP contribution in [0.1, 0.15) is 20.8 Å². The van der Waals surface area contributed by atoms with E-state index in [0.717, 1.165) is 7.11 Å². The first-order valence-electron chi connectivity index (χ1n) is 4.56. The van der Waals surface area contributed by atoms with Crippen LogP contribution in [0.5, 0.6) is 0 Å². The van der Waals surface area contributed by atoms with Crippen LogP contribution in [0.3, 0.4) is 0 Å². The first kappa shape index (κ1) is 14.2. The van der Waals surface area contributed by atoms with Crippen molar-refractivity contribution in [1.82, 2.24) is 10.6 Å². The van der Waals surface area contributed by atoms with E-state index in [0.29, 0.717) is 0 Å². The summed E-state index contributed by atoms with van der Waals surface area (Å²) in [6.45, 7) is 4.17. The maximum absolute atomic E-state index is 11.4. The molecule has 3 N–H and O–H groups in total. The highest BCUT2D eigenvalue weighted by atomic mass is 16.5. The van der Waals surface area contributed by atoms with Gasteiger partial charge >= 0.3 is 12.1 Å². The zero-order valence-electron chi connectivity index (χ0n) is 9.66. The molecule has 0 aromatic carbocycles. The number of hydrogen-bond acceptors (Lipinski definition) is 4. The van der Waals surface area contributed by atoms with Crippen molar-refractivity contribution in [2.75, 3.05) is 7.11 Å². The molecular formula is C9H16N2O5. The van der Waals surface area contributed by atoms with Gasteiger partial charge in [-0.25, -0.2) is 9.59 Å². The molecule has 0 aliphatic heterocycles. The fourth-order valence-electron chi connectivity index (χ4n) is 1.20. The van der Waals surface area contributed by atoms with E-state index in [-0.39, 0.29) is 0 Å². The van der Waals surface area contributed by atoms with E-state index < -0.39 is 29.6 Å². The minimum Gasteiger partial charge on any atom is -0.467 e. The molecule has 0 aromatic rings. The highest BCUT2D eigenvalue weighted by molar-refractivity contribution is 5.85. The largest absolute Gasteiger partial charge is 0.467 e. The zero-order chi connectivity index (χ0) is 12.9. The molecule has 0 aliphatic carbocycles. The van der Waals surface area contributed by atoms with Gasteiger partial charge in [-0.05, 0) is 13.8 Å². The van der Waals surface area contributed by atoms with E-state index in [1.54, 1.807) is 0 Å². The molecule has 0 rings (SSSR count). The summed E-state index contributed by atoms with van der Waals surface area (Å²) in [6.07, 6.45) is -1.29. The van der Waals surface area contributed by atoms with Crippen molar-refractivity contribution in [3.63, 3.8) is 0 Å². The standard InChI is InChI=1S/C9H16N2O5/c1-5(12)10-6(7(13)16-4)9(2,3)11-8(14)15/h6,11H,1-4H3,(H,10,12)(H,14,15). The van der Waals surface area contributed by atoms with E-state index in [1.807, 2.05) is 0 Å². The van der Waals surface area contributed by atoms with Gasteiger partial charge in [-0.3, -0.25) is 4.79 Å². The molecule has 2 amide bonds. The molecule has 0 heterocycles. The van der Waals surface area contributed by atoms with E-state index in [1.165, 1.54) is 20.8 Å². The molecule has 0 fully saturated rings. The highest BCUT2D eigenvalue weighted by Crippen LogP contribution is 2.10. The van der Waals surface area contributed by atoms with Crippen LogP contribution in [0.25, 0.3) is 0 Å². The molecule has 1 unspecified atom stereocenters. The number of methoxy groups -OCH3 is 1. The smallest absolute Gasteiger partial charge is 0.405 e. The van der Waals surface area contributed by atoms with Crippen molar-refractivity contribution in [2.24, 2.45) is 0 Å². The SMILES string of the molecule is COC(=O)C(NC(C)=O)C(C)(C)NC(=O)O. The molecule has 7 nitrogen and oxygen atoms in total. The summed E-state index contributed by atoms with van der Waals surface area (Å²) < 4.78 is 4.49. The van der Waals surface area contributed by atoms with E-state index in [9.17, 15) is 14.4 Å². The number of esters is 1. The normalized spacial score (nSPS) is 12.5. The molecule has 16 heavy (non-hydrogen) atoms. The molecule has 7 heteroatoms. The van der Waals surface area contributed by atoms with Crippen LogP contribution in [0.4, 0.5) is 4.79 Å². The Bertz CT molecular complexity index is 300. The Morgan fingerprint density at radius 3 is 2.12 bits per heavy atom. The van der Waals surface area contributed by atoms with Crippen molar-refractivity contribution >= 4 is 18.0 Å². The molecule has 0 saturated carbocycles. The molecule has 0 radical (unpaired) electrons. The van der Waals surface area contributed by atoms with E-state index in [2.05, 4.69) is 15.4 Å². The second kappa shape index (κ2) is 5.34. The van der Waals surface area contributed by atoms with Crippen molar-refractivity contribution in [3.05, 3.63) is 0 Å². The van der Waals surface area contributed by atoms with Gasteiger partial charge in [0.2, 0.25) is 5.91 Å². The molecule has 0 aliphatic rings. The fourth-order valence-corrected chi connectivity index (χ4v) is 1.20. The molecule has 0 bridgehead atoms. The number of carbonyl (C=O) groups is 3. The number of amides is 2. The molecule has 92 valence electrons. The predicted molar refractivity (Wildman–Crippen MR) is 54.9 cm³/mol. The van der Waals surface area contributed by atoms with Crippen LogP contribution in [0.15, 0.2) is 0 Å². The lowest BCUT2D eigenvalue weighted by molar-refractivity contribution is -0.146. The molecule has 0 saturated heterocycles. The Morgan fingerprint density at radius 1 is 1.31 bits per heavy atom. The minimum atomic E-state index is -1.29. The summed E-state index contributed by atoms with van der Waals surface area (Å²) in [6, 6.07) is -1.08. The highest BCUT2D eigenvalue weighted by Gasteiger charge is 2.38. The minimum absolute atomic E-state index is 0.448. The number of rotatable bonds is 4. The van der Waals surface area contributed by atoms with Gasteiger partial charge < -0.3 is 20.5 Å². The second-order valence-electron chi connectivity index (χ2n) is 3.81. The van der Waals surface area contributed by atoms with Gasteiger partial charge in [-0.15, -0.1) is 0 Å². The topological polar surface area (TPSA) is 105 Å². The third-order valence-electron chi connectivity index (χ3n) is 1.94. The molecular weight excluding hydrogens is 216 g/mol. The van der Waals surface area contributed by atoms with Crippen LogP contribution in [0, 0.1) is 0 Å². The van der Waals surface area contributed by atoms with Gasteiger partial charge in [0.25, 0.3) is 0 Å². The molecule has 0 spiro atoms. The van der Waals surface area contributed by atoms with Gasteiger partial charge in [0.15, 0.2) is 0 Å². The monoisotopic (exact) mass is 232 g/mol. The van der Waals surface area contributed by atoms with Gasteiger partial charge in [0, 0.05) is 6.92 Å². The van der Waals surface area contributed by atoms with Gasteiger partial charge in [0.05, 0.1) is 12.6 Å². The van der Waals surface area contributed by atoms with E-state index >= 15 is 0 Å². The first-order valence-corrected chi connectivity index (χ1v) is 4.56. The lowest BCUT2D eigenvalue weighted by Crippen LogP contribution is -2.62. The lowest BCUT2D eigenvalue weighted by Gasteiger charge is -2.32. The number of carbonyl (C=O) groups excluding carboxylic acids is 2. The van der Waals surface area contributed by atoms with Crippen molar-refractivity contribution in [3.8, 4) is 0 Å². The Kier molecular flexibility index (Phi) is 4.74. The summed E-state index contributed by atoms with van der Waals surface area (Å²) in [4.78, 5) is 32.9. The summed E-state index contributed by atoms with van der Waals surface area (Å²) in [5.74, 6) is -1.16. The van der Waals surface area contributed by atoms with Crippen molar-refractivity contribution < 1.29 is 24.2 Å². The summed E-state index contributed by atoms with van der Waals surface area (Å²) >= 11 is 0. The summed E-state index contributed by atoms with van der Waals surface area (Å²) in [5.41, 5.74) is -1.16. The Labute approximate surface area is 93.2 Å². The van der Waals surface area contributed by atoms with Crippen molar-refractivity contribution in [2.45, 2.75) is 32.4 Å². The van der Waals surface area contributed by atoms with Crippen LogP contribution < -0.4 is 10.6 Å². The predicted octanol–water partition coefficient (Wildman–Crippen LogP) is -0.290. The van der Waals surface area contributed by atoms with Crippen LogP contribution in [-0.4, -0.2) is 41.8 Å². The zero-order valence-corrected chi connectivity index (χ0v) is 9.66. The third kappa shape index (κ3) is 4.16. The molecule has 1 atom stereocenters. The average molecular weight is 232 g/mol. The third-order valence-corrected chi connectivity index (χ3v) is 1.94. The number of hydrogen-bond donors (Lipinski definition) is 3. The van der Waals surface area contributed by atoms with Crippen LogP contribution in [0.2, 0.25) is 0 Å². The average Bonchev–Trinajstić information content (AvgIpc) is 2.10. The quantitative estimate of drug-likeness (QED) is 0.578. The second-order valence-corrected chi connectivity index (χ2v) is 3.81. The number of carboxylic acid groups (broad SMARTS) is 1. The fraction of sp³-hybridized carbons (Fsp3) is 0.667. The van der Waals surface area contributed by atoms with E-state index in [4.69, 9.17) is 5.11 Å². The van der Waals surface area contributed by atoms with Crippen LogP contribution >= 0.6 is 0 Å². The Morgan fingerprint density at radius 2 is 1.81 bits per heavy atom. The maximum Gasteiger partial charge on any atom is 0.405 e. The van der Waals surface area contributed by atoms with Crippen LogP contribution in [-0.2, 0) is 14.3 Å². The van der Waals surface area contributed by atoms with Crippen molar-refractivity contribution in [1.29, 1.82) is 0 Å². The number of nitrogens with one attached hydrogen (secondary N) is 2. The first-order chi connectivity index (χ1) is 7.20. The van der Waals surface area contributed by atoms with Gasteiger partial charge in [0.1, 0.15) is 6.04 Å². The maximum atomic E-state index is 11.4. The Balaban J connectivity index is 4.92. The summed E-state index contributed by atoms with van der Waals surface area (Å²) in [7, 11) is 1.16. The molecule has 0 aromatic heterocycles. The number of ether oxygens (including phenoxy) is 1. The van der Waals surface area contributed by atoms with Gasteiger partial charge in [-0.2, -0.15) is 0 Å². The summed E-state index contributed by atoms with van der Waals surface area (Å²) in [5, 5.41) is 13.1. The lowest BCUT2D eigenvalue weighted by atomic mass is 9.94. The Hall–Kier alpha value is -1.79.